The molecule has 0 saturated carbocycles. The van der Waals surface area contributed by atoms with E-state index in [2.05, 4.69) is 4.99 Å². The smallest absolute Gasteiger partial charge is 0.341 e. The summed E-state index contributed by atoms with van der Waals surface area (Å²) >= 11 is 1.98. The largest absolute Gasteiger partial charge is 0.507 e. The van der Waals surface area contributed by atoms with Gasteiger partial charge in [-0.1, -0.05) is 0 Å². The third-order valence-electron chi connectivity index (χ3n) is 3.16. The molecule has 3 N–H and O–H groups in total. The van der Waals surface area contributed by atoms with E-state index in [4.69, 9.17) is 19.7 Å². The normalized spacial score (nSPS) is 10.7. The van der Waals surface area contributed by atoms with Crippen LogP contribution in [0.4, 0.5) is 5.69 Å². The predicted molar refractivity (Wildman–Crippen MR) is 101 cm³/mol. The number of carboxylic acid groups (broad SMARTS) is 2. The van der Waals surface area contributed by atoms with Gasteiger partial charge in [-0.25, -0.2) is 9.59 Å². The molecule has 2 aromatic carbocycles. The monoisotopic (exact) mass is 471 g/mol. The minimum absolute atomic E-state index is 0.246. The van der Waals surface area contributed by atoms with Crippen molar-refractivity contribution in [2.75, 3.05) is 13.7 Å². The summed E-state index contributed by atoms with van der Waals surface area (Å²) in [6, 6.07) is 7.30. The van der Waals surface area contributed by atoms with Gasteiger partial charge in [0.15, 0.2) is 18.1 Å². The van der Waals surface area contributed by atoms with Crippen molar-refractivity contribution in [3.63, 3.8) is 0 Å². The summed E-state index contributed by atoms with van der Waals surface area (Å²) in [6.45, 7) is -0.495. The Morgan fingerprint density at radius 2 is 1.96 bits per heavy atom. The lowest BCUT2D eigenvalue weighted by molar-refractivity contribution is -0.139. The molecule has 26 heavy (non-hydrogen) atoms. The molecule has 0 fully saturated rings. The van der Waals surface area contributed by atoms with Crippen molar-refractivity contribution < 1.29 is 34.4 Å². The first kappa shape index (κ1) is 19.5. The fourth-order valence-electron chi connectivity index (χ4n) is 2.01. The number of hydrogen-bond acceptors (Lipinski definition) is 6. The number of methoxy groups -OCH3 is 1. The number of hydrogen-bond donors (Lipinski definition) is 3. The van der Waals surface area contributed by atoms with Crippen LogP contribution in [-0.2, 0) is 4.79 Å². The molecule has 0 amide bonds. The lowest BCUT2D eigenvalue weighted by Crippen LogP contribution is -2.11. The van der Waals surface area contributed by atoms with Crippen molar-refractivity contribution in [3.05, 3.63) is 45.0 Å². The van der Waals surface area contributed by atoms with Gasteiger partial charge in [-0.05, 0) is 58.5 Å². The van der Waals surface area contributed by atoms with Crippen molar-refractivity contribution >= 4 is 46.4 Å². The number of halogens is 1. The average molecular weight is 471 g/mol. The minimum atomic E-state index is -1.25. The van der Waals surface area contributed by atoms with Crippen LogP contribution in [0.2, 0.25) is 0 Å². The average Bonchev–Trinajstić information content (AvgIpc) is 2.59. The van der Waals surface area contributed by atoms with E-state index in [0.717, 1.165) is 0 Å². The first-order valence-electron chi connectivity index (χ1n) is 7.14. The molecule has 0 saturated heterocycles. The second-order valence-electron chi connectivity index (χ2n) is 4.98. The zero-order chi connectivity index (χ0) is 19.3. The summed E-state index contributed by atoms with van der Waals surface area (Å²) in [5, 5.41) is 27.3. The molecule has 9 heteroatoms. The molecule has 0 aliphatic heterocycles. The number of benzene rings is 2. The Labute approximate surface area is 161 Å². The van der Waals surface area contributed by atoms with Crippen molar-refractivity contribution in [2.24, 2.45) is 4.99 Å². The molecule has 0 atom stereocenters. The van der Waals surface area contributed by atoms with E-state index in [1.165, 1.54) is 31.5 Å². The maximum atomic E-state index is 11.0. The summed E-state index contributed by atoms with van der Waals surface area (Å²) in [5.74, 6) is -2.04. The summed E-state index contributed by atoms with van der Waals surface area (Å²) in [4.78, 5) is 25.9. The van der Waals surface area contributed by atoms with Crippen molar-refractivity contribution in [2.45, 2.75) is 0 Å². The summed E-state index contributed by atoms with van der Waals surface area (Å²) in [7, 11) is 1.43. The Morgan fingerprint density at radius 3 is 2.58 bits per heavy atom. The topological polar surface area (TPSA) is 126 Å². The predicted octanol–water partition coefficient (Wildman–Crippen LogP) is 2.92. The van der Waals surface area contributed by atoms with E-state index in [9.17, 15) is 14.7 Å². The van der Waals surface area contributed by atoms with Crippen LogP contribution in [0, 0.1) is 3.57 Å². The molecule has 0 aliphatic rings. The molecular formula is C17H14INO7. The number of aliphatic carboxylic acids is 1. The lowest BCUT2D eigenvalue weighted by Gasteiger charge is -2.12. The molecule has 0 aromatic heterocycles. The van der Waals surface area contributed by atoms with Gasteiger partial charge in [0.05, 0.1) is 16.4 Å². The summed E-state index contributed by atoms with van der Waals surface area (Å²) in [6.07, 6.45) is 1.49. The van der Waals surface area contributed by atoms with Crippen molar-refractivity contribution in [1.82, 2.24) is 0 Å². The Hall–Kier alpha value is -2.82. The van der Waals surface area contributed by atoms with E-state index in [1.54, 1.807) is 12.1 Å². The molecule has 8 nitrogen and oxygen atoms in total. The molecule has 2 rings (SSSR count). The first-order chi connectivity index (χ1) is 12.3. The van der Waals surface area contributed by atoms with Crippen LogP contribution in [0.15, 0.2) is 35.3 Å². The molecule has 0 radical (unpaired) electrons. The number of nitrogens with zero attached hydrogens (tertiary/aromatic N) is 1. The van der Waals surface area contributed by atoms with Gasteiger partial charge in [0.25, 0.3) is 0 Å². The summed E-state index contributed by atoms with van der Waals surface area (Å²) in [5.41, 5.74) is 0.739. The second kappa shape index (κ2) is 8.52. The quantitative estimate of drug-likeness (QED) is 0.419. The van der Waals surface area contributed by atoms with Crippen LogP contribution in [-0.4, -0.2) is 47.2 Å². The third-order valence-corrected chi connectivity index (χ3v) is 3.97. The van der Waals surface area contributed by atoms with Gasteiger partial charge < -0.3 is 24.8 Å². The molecule has 0 heterocycles. The second-order valence-corrected chi connectivity index (χ2v) is 6.14. The van der Waals surface area contributed by atoms with Crippen LogP contribution >= 0.6 is 22.6 Å². The van der Waals surface area contributed by atoms with Gasteiger partial charge in [0, 0.05) is 6.21 Å². The van der Waals surface area contributed by atoms with E-state index in [1.807, 2.05) is 22.6 Å². The number of rotatable bonds is 7. The fourth-order valence-corrected chi connectivity index (χ4v) is 2.79. The van der Waals surface area contributed by atoms with Gasteiger partial charge in [-0.2, -0.15) is 0 Å². The number of aromatic hydroxyl groups is 1. The molecule has 0 spiro atoms. The van der Waals surface area contributed by atoms with Crippen LogP contribution in [0.5, 0.6) is 17.2 Å². The van der Waals surface area contributed by atoms with Gasteiger partial charge in [-0.3, -0.25) is 4.99 Å². The zero-order valence-corrected chi connectivity index (χ0v) is 15.6. The SMILES string of the molecule is COc1cc(C=Nc2ccc(O)c(C(=O)O)c2)cc(I)c1OCC(=O)O. The number of carboxylic acids is 2. The van der Waals surface area contributed by atoms with E-state index >= 15 is 0 Å². The Bertz CT molecular complexity index is 880. The van der Waals surface area contributed by atoms with E-state index in [0.29, 0.717) is 26.3 Å². The third kappa shape index (κ3) is 4.85. The van der Waals surface area contributed by atoms with E-state index < -0.39 is 18.5 Å². The lowest BCUT2D eigenvalue weighted by atomic mass is 10.1. The van der Waals surface area contributed by atoms with E-state index in [-0.39, 0.29) is 11.3 Å². The van der Waals surface area contributed by atoms with Gasteiger partial charge in [0.1, 0.15) is 11.3 Å². The van der Waals surface area contributed by atoms with Gasteiger partial charge in [0.2, 0.25) is 0 Å². The van der Waals surface area contributed by atoms with Crippen LogP contribution < -0.4 is 9.47 Å². The molecular weight excluding hydrogens is 457 g/mol. The highest BCUT2D eigenvalue weighted by Gasteiger charge is 2.13. The zero-order valence-electron chi connectivity index (χ0n) is 13.5. The molecule has 0 unspecified atom stereocenters. The van der Waals surface area contributed by atoms with Crippen molar-refractivity contribution in [3.8, 4) is 17.2 Å². The molecule has 0 aliphatic carbocycles. The minimum Gasteiger partial charge on any atom is -0.507 e. The highest BCUT2D eigenvalue weighted by molar-refractivity contribution is 14.1. The van der Waals surface area contributed by atoms with Gasteiger partial charge in [-0.15, -0.1) is 0 Å². The highest BCUT2D eigenvalue weighted by Crippen LogP contribution is 2.33. The number of aliphatic imine (C=N–C) groups is 1. The number of phenols is 1. The standard InChI is InChI=1S/C17H14INO7/c1-25-14-5-9(4-12(18)16(14)26-8-15(21)22)7-19-10-2-3-13(20)11(6-10)17(23)24/h2-7,20H,8H2,1H3,(H,21,22)(H,23,24). The Morgan fingerprint density at radius 1 is 1.23 bits per heavy atom. The molecule has 2 aromatic rings. The van der Waals surface area contributed by atoms with Crippen molar-refractivity contribution in [1.29, 1.82) is 0 Å². The Kier molecular flexibility index (Phi) is 6.39. The maximum Gasteiger partial charge on any atom is 0.341 e. The number of ether oxygens (including phenoxy) is 2. The molecule has 0 bridgehead atoms. The van der Waals surface area contributed by atoms with Gasteiger partial charge >= 0.3 is 11.9 Å². The van der Waals surface area contributed by atoms with Crippen LogP contribution in [0.3, 0.4) is 0 Å². The number of carbonyl (C=O) groups is 2. The summed E-state index contributed by atoms with van der Waals surface area (Å²) < 4.78 is 11.1. The maximum absolute atomic E-state index is 11.0. The van der Waals surface area contributed by atoms with Crippen LogP contribution in [0.1, 0.15) is 15.9 Å². The Balaban J connectivity index is 2.31. The highest BCUT2D eigenvalue weighted by atomic mass is 127. The number of aromatic carboxylic acids is 1. The molecule has 136 valence electrons. The first-order valence-corrected chi connectivity index (χ1v) is 8.22. The fraction of sp³-hybridized carbons (Fsp3) is 0.118. The van der Waals surface area contributed by atoms with Crippen LogP contribution in [0.25, 0.3) is 0 Å².